The Balaban J connectivity index is 2.39. The van der Waals surface area contributed by atoms with Gasteiger partial charge in [-0.2, -0.15) is 0 Å². The van der Waals surface area contributed by atoms with Gasteiger partial charge < -0.3 is 9.47 Å². The molecule has 0 aliphatic carbocycles. The Hall–Kier alpha value is -1.51. The van der Waals surface area contributed by atoms with Crippen molar-refractivity contribution in [3.05, 3.63) is 29.8 Å². The minimum absolute atomic E-state index is 0.264. The van der Waals surface area contributed by atoms with Crippen molar-refractivity contribution in [1.82, 2.24) is 0 Å². The highest BCUT2D eigenvalue weighted by molar-refractivity contribution is 5.89. The second-order valence-electron chi connectivity index (χ2n) is 4.93. The fraction of sp³-hybridized carbons (Fsp3) is 0.588. The maximum absolute atomic E-state index is 11.9. The number of carbonyl (C=O) groups is 1. The molecule has 0 spiro atoms. The molecular weight excluding hydrogens is 252 g/mol. The smallest absolute Gasteiger partial charge is 0.338 e. The maximum atomic E-state index is 11.9. The number of benzene rings is 1. The van der Waals surface area contributed by atoms with E-state index in [1.165, 1.54) is 12.8 Å². The molecule has 0 N–H and O–H groups in total. The molecule has 0 saturated carbocycles. The van der Waals surface area contributed by atoms with Crippen molar-refractivity contribution in [1.29, 1.82) is 0 Å². The van der Waals surface area contributed by atoms with Gasteiger partial charge in [-0.25, -0.2) is 4.79 Å². The predicted octanol–water partition coefficient (Wildman–Crippen LogP) is 4.60. The molecule has 0 bridgehead atoms. The molecule has 3 nitrogen and oxygen atoms in total. The molecule has 0 saturated heterocycles. The lowest BCUT2D eigenvalue weighted by Gasteiger charge is -2.08. The Morgan fingerprint density at radius 1 is 1.00 bits per heavy atom. The molecule has 0 aliphatic rings. The van der Waals surface area contributed by atoms with Crippen LogP contribution in [0.3, 0.4) is 0 Å². The molecule has 0 aliphatic heterocycles. The van der Waals surface area contributed by atoms with E-state index < -0.39 is 0 Å². The van der Waals surface area contributed by atoms with Gasteiger partial charge in [-0.1, -0.05) is 45.6 Å². The number of carbonyl (C=O) groups excluding carboxylic acids is 1. The van der Waals surface area contributed by atoms with E-state index in [9.17, 15) is 4.79 Å². The Labute approximate surface area is 122 Å². The van der Waals surface area contributed by atoms with E-state index in [2.05, 4.69) is 13.8 Å². The molecule has 1 aromatic carbocycles. The first-order valence-electron chi connectivity index (χ1n) is 7.68. The highest BCUT2D eigenvalue weighted by Gasteiger charge is 2.07. The topological polar surface area (TPSA) is 35.5 Å². The molecule has 0 unspecified atom stereocenters. The van der Waals surface area contributed by atoms with Gasteiger partial charge in [0.05, 0.1) is 18.8 Å². The Morgan fingerprint density at radius 2 is 1.70 bits per heavy atom. The number of hydrogen-bond acceptors (Lipinski definition) is 3. The first-order chi connectivity index (χ1) is 9.77. The number of esters is 1. The van der Waals surface area contributed by atoms with Crippen LogP contribution < -0.4 is 4.74 Å². The monoisotopic (exact) mass is 278 g/mol. The third-order valence-corrected chi connectivity index (χ3v) is 3.07. The van der Waals surface area contributed by atoms with Crippen LogP contribution in [0, 0.1) is 0 Å². The summed E-state index contributed by atoms with van der Waals surface area (Å²) in [6.45, 7) is 5.48. The van der Waals surface area contributed by atoms with Gasteiger partial charge in [0.15, 0.2) is 0 Å². The van der Waals surface area contributed by atoms with Crippen LogP contribution in [0.15, 0.2) is 24.3 Å². The average Bonchev–Trinajstić information content (AvgIpc) is 2.48. The third-order valence-electron chi connectivity index (χ3n) is 3.07. The predicted molar refractivity (Wildman–Crippen MR) is 81.3 cm³/mol. The highest BCUT2D eigenvalue weighted by Crippen LogP contribution is 2.15. The zero-order valence-corrected chi connectivity index (χ0v) is 12.7. The summed E-state index contributed by atoms with van der Waals surface area (Å²) in [5.74, 6) is 0.476. The van der Waals surface area contributed by atoms with Crippen LogP contribution in [0.4, 0.5) is 0 Å². The lowest BCUT2D eigenvalue weighted by atomic mass is 10.2. The second kappa shape index (κ2) is 10.3. The number of rotatable bonds is 10. The van der Waals surface area contributed by atoms with E-state index in [1.807, 2.05) is 12.1 Å². The molecule has 0 atom stereocenters. The lowest BCUT2D eigenvalue weighted by Crippen LogP contribution is -2.07. The first kappa shape index (κ1) is 16.5. The standard InChI is InChI=1S/C17H26O3/c1-3-5-7-12-19-16-11-9-10-15(14-16)17(18)20-13-8-6-4-2/h9-11,14H,3-8,12-13H2,1-2H3. The largest absolute Gasteiger partial charge is 0.494 e. The van der Waals surface area contributed by atoms with E-state index >= 15 is 0 Å². The van der Waals surface area contributed by atoms with Gasteiger partial charge >= 0.3 is 5.97 Å². The maximum Gasteiger partial charge on any atom is 0.338 e. The first-order valence-corrected chi connectivity index (χ1v) is 7.68. The Morgan fingerprint density at radius 3 is 2.40 bits per heavy atom. The van der Waals surface area contributed by atoms with Crippen molar-refractivity contribution in [3.8, 4) is 5.75 Å². The summed E-state index contributed by atoms with van der Waals surface area (Å²) in [5.41, 5.74) is 0.564. The van der Waals surface area contributed by atoms with Gasteiger partial charge in [0.1, 0.15) is 5.75 Å². The lowest BCUT2D eigenvalue weighted by molar-refractivity contribution is 0.0497. The van der Waals surface area contributed by atoms with E-state index in [0.717, 1.165) is 31.4 Å². The summed E-state index contributed by atoms with van der Waals surface area (Å²) in [6, 6.07) is 7.23. The summed E-state index contributed by atoms with van der Waals surface area (Å²) in [4.78, 5) is 11.9. The van der Waals surface area contributed by atoms with Crippen LogP contribution in [0.5, 0.6) is 5.75 Å². The third kappa shape index (κ3) is 6.60. The van der Waals surface area contributed by atoms with Crippen molar-refractivity contribution in [2.24, 2.45) is 0 Å². The average molecular weight is 278 g/mol. The molecule has 0 radical (unpaired) electrons. The van der Waals surface area contributed by atoms with Gasteiger partial charge in [0, 0.05) is 0 Å². The van der Waals surface area contributed by atoms with Gasteiger partial charge in [-0.3, -0.25) is 0 Å². The van der Waals surface area contributed by atoms with Crippen LogP contribution in [0.2, 0.25) is 0 Å². The van der Waals surface area contributed by atoms with E-state index in [-0.39, 0.29) is 5.97 Å². The van der Waals surface area contributed by atoms with Crippen LogP contribution in [-0.4, -0.2) is 19.2 Å². The summed E-state index contributed by atoms with van der Waals surface area (Å²) in [6.07, 6.45) is 6.52. The van der Waals surface area contributed by atoms with Crippen LogP contribution in [0.1, 0.15) is 62.7 Å². The van der Waals surface area contributed by atoms with Crippen molar-refractivity contribution < 1.29 is 14.3 Å². The van der Waals surface area contributed by atoms with Gasteiger partial charge in [0.2, 0.25) is 0 Å². The highest BCUT2D eigenvalue weighted by atomic mass is 16.5. The Kier molecular flexibility index (Phi) is 8.52. The number of hydrogen-bond donors (Lipinski definition) is 0. The molecule has 0 fully saturated rings. The van der Waals surface area contributed by atoms with E-state index in [4.69, 9.17) is 9.47 Å². The second-order valence-corrected chi connectivity index (χ2v) is 4.93. The molecule has 0 aromatic heterocycles. The molecule has 0 amide bonds. The number of ether oxygens (including phenoxy) is 2. The molecule has 112 valence electrons. The fourth-order valence-corrected chi connectivity index (χ4v) is 1.86. The molecule has 3 heteroatoms. The van der Waals surface area contributed by atoms with Crippen molar-refractivity contribution in [2.75, 3.05) is 13.2 Å². The Bertz CT molecular complexity index is 388. The molecule has 1 aromatic rings. The summed E-state index contributed by atoms with van der Waals surface area (Å²) >= 11 is 0. The summed E-state index contributed by atoms with van der Waals surface area (Å²) < 4.78 is 10.9. The normalized spacial score (nSPS) is 10.3. The van der Waals surface area contributed by atoms with E-state index in [1.54, 1.807) is 12.1 Å². The quantitative estimate of drug-likeness (QED) is 0.463. The van der Waals surface area contributed by atoms with Gasteiger partial charge in [-0.05, 0) is 31.0 Å². The van der Waals surface area contributed by atoms with Gasteiger partial charge in [-0.15, -0.1) is 0 Å². The molecular formula is C17H26O3. The van der Waals surface area contributed by atoms with Crippen LogP contribution >= 0.6 is 0 Å². The minimum atomic E-state index is -0.264. The van der Waals surface area contributed by atoms with Gasteiger partial charge in [0.25, 0.3) is 0 Å². The van der Waals surface area contributed by atoms with Crippen molar-refractivity contribution in [2.45, 2.75) is 52.4 Å². The molecule has 1 rings (SSSR count). The minimum Gasteiger partial charge on any atom is -0.494 e. The van der Waals surface area contributed by atoms with Crippen LogP contribution in [0.25, 0.3) is 0 Å². The molecule has 0 heterocycles. The number of unbranched alkanes of at least 4 members (excludes halogenated alkanes) is 4. The zero-order valence-electron chi connectivity index (χ0n) is 12.7. The van der Waals surface area contributed by atoms with Crippen LogP contribution in [-0.2, 0) is 4.74 Å². The summed E-state index contributed by atoms with van der Waals surface area (Å²) in [5, 5.41) is 0. The fourth-order valence-electron chi connectivity index (χ4n) is 1.86. The molecule has 20 heavy (non-hydrogen) atoms. The van der Waals surface area contributed by atoms with E-state index in [0.29, 0.717) is 18.8 Å². The zero-order chi connectivity index (χ0) is 14.6. The van der Waals surface area contributed by atoms with Crippen molar-refractivity contribution in [3.63, 3.8) is 0 Å². The van der Waals surface area contributed by atoms with Crippen molar-refractivity contribution >= 4 is 5.97 Å². The SMILES string of the molecule is CCCCCOC(=O)c1cccc(OCCCCC)c1. The summed E-state index contributed by atoms with van der Waals surface area (Å²) in [7, 11) is 0.